The first kappa shape index (κ1) is 44.9. The van der Waals surface area contributed by atoms with Crippen LogP contribution in [0.1, 0.15) is 226 Å². The summed E-state index contributed by atoms with van der Waals surface area (Å²) < 4.78 is 11.3. The molecule has 0 aliphatic rings. The van der Waals surface area contributed by atoms with Gasteiger partial charge in [-0.25, -0.2) is 0 Å². The zero-order valence-electron chi connectivity index (χ0n) is 31.3. The minimum absolute atomic E-state index is 0.0162. The third kappa shape index (κ3) is 32.8. The largest absolute Gasteiger partial charge is 0.466 e. The molecule has 0 aliphatic heterocycles. The van der Waals surface area contributed by atoms with Gasteiger partial charge in [-0.1, -0.05) is 162 Å². The quantitative estimate of drug-likeness (QED) is 0.0534. The van der Waals surface area contributed by atoms with E-state index >= 15 is 0 Å². The Balaban J connectivity index is 3.81. The zero-order valence-corrected chi connectivity index (χ0v) is 31.3. The fourth-order valence-corrected chi connectivity index (χ4v) is 6.50. The van der Waals surface area contributed by atoms with Crippen LogP contribution in [0.5, 0.6) is 0 Å². The lowest BCUT2D eigenvalue weighted by atomic mass is 9.92. The van der Waals surface area contributed by atoms with Gasteiger partial charge in [-0.15, -0.1) is 0 Å². The van der Waals surface area contributed by atoms with Gasteiger partial charge in [-0.3, -0.25) is 9.59 Å². The summed E-state index contributed by atoms with van der Waals surface area (Å²) in [5.41, 5.74) is 0. The summed E-state index contributed by atoms with van der Waals surface area (Å²) in [7, 11) is 0. The van der Waals surface area contributed by atoms with Crippen molar-refractivity contribution in [1.82, 2.24) is 0 Å². The van der Waals surface area contributed by atoms with Gasteiger partial charge >= 0.3 is 11.9 Å². The van der Waals surface area contributed by atoms with Gasteiger partial charge in [0.1, 0.15) is 6.10 Å². The number of aliphatic hydroxyl groups is 1. The van der Waals surface area contributed by atoms with Gasteiger partial charge in [0.25, 0.3) is 0 Å². The zero-order chi connectivity index (χ0) is 33.8. The predicted octanol–water partition coefficient (Wildman–Crippen LogP) is 12.6. The van der Waals surface area contributed by atoms with Crippen molar-refractivity contribution in [2.45, 2.75) is 232 Å². The van der Waals surface area contributed by atoms with Gasteiger partial charge in [0, 0.05) is 19.4 Å². The first-order chi connectivity index (χ1) is 22.6. The lowest BCUT2D eigenvalue weighted by Crippen LogP contribution is -2.18. The van der Waals surface area contributed by atoms with Crippen LogP contribution in [0.3, 0.4) is 0 Å². The molecule has 1 N–H and O–H groups in total. The molecule has 0 fully saturated rings. The van der Waals surface area contributed by atoms with Crippen molar-refractivity contribution in [1.29, 1.82) is 0 Å². The highest BCUT2D eigenvalue weighted by molar-refractivity contribution is 5.69. The van der Waals surface area contributed by atoms with Crippen LogP contribution in [-0.4, -0.2) is 36.4 Å². The van der Waals surface area contributed by atoms with Crippen molar-refractivity contribution in [3.63, 3.8) is 0 Å². The van der Waals surface area contributed by atoms with Gasteiger partial charge in [0.15, 0.2) is 0 Å². The van der Waals surface area contributed by atoms with Crippen molar-refractivity contribution < 1.29 is 24.2 Å². The molecule has 0 aromatic heterocycles. The molecule has 1 unspecified atom stereocenters. The molecule has 46 heavy (non-hydrogen) atoms. The van der Waals surface area contributed by atoms with E-state index in [1.165, 1.54) is 141 Å². The molecule has 5 heteroatoms. The van der Waals surface area contributed by atoms with E-state index in [1.54, 1.807) is 0 Å². The van der Waals surface area contributed by atoms with Gasteiger partial charge in [-0.2, -0.15) is 0 Å². The maximum Gasteiger partial charge on any atom is 0.306 e. The lowest BCUT2D eigenvalue weighted by molar-refractivity contribution is -0.150. The molecule has 274 valence electrons. The second-order valence-corrected chi connectivity index (χ2v) is 14.1. The maximum absolute atomic E-state index is 12.5. The minimum atomic E-state index is -0.0181. The molecule has 0 aromatic rings. The summed E-state index contributed by atoms with van der Waals surface area (Å²) in [6.45, 7) is 7.58. The minimum Gasteiger partial charge on any atom is -0.466 e. The normalized spacial score (nSPS) is 12.1. The third-order valence-electron chi connectivity index (χ3n) is 9.59. The van der Waals surface area contributed by atoms with E-state index in [0.29, 0.717) is 32.0 Å². The average molecular weight is 653 g/mol. The second-order valence-electron chi connectivity index (χ2n) is 14.1. The standard InChI is InChI=1S/C41H80O5/c1-4-7-10-21-28-37-45-40(43)33-26-19-15-13-14-17-22-29-38(35-36-42)30-23-18-16-20-27-34-41(44)46-39(31-24-11-8-5-2)32-25-12-9-6-3/h38-39,42H,4-37H2,1-3H3. The number of carbonyl (C=O) groups is 2. The van der Waals surface area contributed by atoms with E-state index in [4.69, 9.17) is 9.47 Å². The number of rotatable bonds is 37. The van der Waals surface area contributed by atoms with E-state index in [0.717, 1.165) is 51.4 Å². The number of hydrogen-bond donors (Lipinski definition) is 1. The highest BCUT2D eigenvalue weighted by Crippen LogP contribution is 2.22. The molecular formula is C41H80O5. The second kappa shape index (κ2) is 36.7. The molecule has 0 bridgehead atoms. The Morgan fingerprint density at radius 1 is 0.457 bits per heavy atom. The van der Waals surface area contributed by atoms with Crippen molar-refractivity contribution in [2.75, 3.05) is 13.2 Å². The molecule has 0 aliphatic carbocycles. The van der Waals surface area contributed by atoms with Gasteiger partial charge < -0.3 is 14.6 Å². The summed E-state index contributed by atoms with van der Waals surface area (Å²) in [5, 5.41) is 9.54. The van der Waals surface area contributed by atoms with E-state index in [-0.39, 0.29) is 18.0 Å². The fraction of sp³-hybridized carbons (Fsp3) is 0.951. The molecule has 0 aromatic carbocycles. The maximum atomic E-state index is 12.5. The van der Waals surface area contributed by atoms with Crippen molar-refractivity contribution >= 4 is 11.9 Å². The van der Waals surface area contributed by atoms with Gasteiger partial charge in [0.05, 0.1) is 6.61 Å². The van der Waals surface area contributed by atoms with Crippen molar-refractivity contribution in [3.05, 3.63) is 0 Å². The van der Waals surface area contributed by atoms with E-state index in [1.807, 2.05) is 0 Å². The highest BCUT2D eigenvalue weighted by Gasteiger charge is 2.14. The van der Waals surface area contributed by atoms with Gasteiger partial charge in [0.2, 0.25) is 0 Å². The summed E-state index contributed by atoms with van der Waals surface area (Å²) in [6, 6.07) is 0. The molecule has 0 radical (unpaired) electrons. The first-order valence-corrected chi connectivity index (χ1v) is 20.5. The van der Waals surface area contributed by atoms with Gasteiger partial charge in [-0.05, 0) is 57.3 Å². The average Bonchev–Trinajstić information content (AvgIpc) is 3.05. The summed E-state index contributed by atoms with van der Waals surface area (Å²) >= 11 is 0. The van der Waals surface area contributed by atoms with Crippen LogP contribution < -0.4 is 0 Å². The molecule has 0 heterocycles. The van der Waals surface area contributed by atoms with Crippen LogP contribution in [0.2, 0.25) is 0 Å². The Hall–Kier alpha value is -1.10. The summed E-state index contributed by atoms with van der Waals surface area (Å²) in [4.78, 5) is 24.4. The number of carbonyl (C=O) groups excluding carboxylic acids is 2. The number of aliphatic hydroxyl groups excluding tert-OH is 1. The highest BCUT2D eigenvalue weighted by atomic mass is 16.5. The molecule has 0 spiro atoms. The molecule has 1 atom stereocenters. The van der Waals surface area contributed by atoms with Crippen molar-refractivity contribution in [2.24, 2.45) is 5.92 Å². The summed E-state index contributed by atoms with van der Waals surface area (Å²) in [5.74, 6) is 0.641. The molecule has 0 amide bonds. The van der Waals surface area contributed by atoms with Crippen LogP contribution >= 0.6 is 0 Å². The monoisotopic (exact) mass is 653 g/mol. The van der Waals surface area contributed by atoms with Crippen LogP contribution in [0, 0.1) is 5.92 Å². The van der Waals surface area contributed by atoms with Crippen LogP contribution in [0.15, 0.2) is 0 Å². The molecule has 5 nitrogen and oxygen atoms in total. The van der Waals surface area contributed by atoms with Crippen LogP contribution in [0.4, 0.5) is 0 Å². The molecule has 0 rings (SSSR count). The lowest BCUT2D eigenvalue weighted by Gasteiger charge is -2.18. The molecular weight excluding hydrogens is 572 g/mol. The summed E-state index contributed by atoms with van der Waals surface area (Å²) in [6.07, 6.45) is 36.6. The van der Waals surface area contributed by atoms with Crippen LogP contribution in [-0.2, 0) is 19.1 Å². The first-order valence-electron chi connectivity index (χ1n) is 20.5. The number of esters is 2. The van der Waals surface area contributed by atoms with Crippen molar-refractivity contribution in [3.8, 4) is 0 Å². The Morgan fingerprint density at radius 3 is 1.35 bits per heavy atom. The fourth-order valence-electron chi connectivity index (χ4n) is 6.50. The Morgan fingerprint density at radius 2 is 0.848 bits per heavy atom. The van der Waals surface area contributed by atoms with E-state index in [2.05, 4.69) is 20.8 Å². The third-order valence-corrected chi connectivity index (χ3v) is 9.59. The Bertz CT molecular complexity index is 624. The molecule has 0 saturated heterocycles. The van der Waals surface area contributed by atoms with Crippen LogP contribution in [0.25, 0.3) is 0 Å². The Labute approximate surface area is 287 Å². The SMILES string of the molecule is CCCCCCCOC(=O)CCCCCCCCCC(CCO)CCCCCCCC(=O)OC(CCCCCC)CCCCCC. The predicted molar refractivity (Wildman–Crippen MR) is 196 cm³/mol. The Kier molecular flexibility index (Phi) is 35.9. The number of ether oxygens (including phenoxy) is 2. The topological polar surface area (TPSA) is 72.8 Å². The number of unbranched alkanes of at least 4 members (excludes halogenated alkanes) is 20. The van der Waals surface area contributed by atoms with E-state index < -0.39 is 0 Å². The smallest absolute Gasteiger partial charge is 0.306 e. The number of hydrogen-bond acceptors (Lipinski definition) is 5. The van der Waals surface area contributed by atoms with E-state index in [9.17, 15) is 14.7 Å². The molecule has 0 saturated carbocycles.